The zero-order valence-corrected chi connectivity index (χ0v) is 26.3. The van der Waals surface area contributed by atoms with Gasteiger partial charge in [-0.05, 0) is 86.2 Å². The summed E-state index contributed by atoms with van der Waals surface area (Å²) in [5.74, 6) is 1.49. The molecular formula is C35H41N5O2S. The Kier molecular flexibility index (Phi) is 8.14. The molecule has 2 saturated heterocycles. The summed E-state index contributed by atoms with van der Waals surface area (Å²) in [4.78, 5) is 29.5. The van der Waals surface area contributed by atoms with Crippen molar-refractivity contribution in [3.05, 3.63) is 93.8 Å². The number of urea groups is 1. The van der Waals surface area contributed by atoms with Gasteiger partial charge in [-0.1, -0.05) is 56.7 Å². The van der Waals surface area contributed by atoms with Crippen molar-refractivity contribution in [3.63, 3.8) is 0 Å². The molecule has 43 heavy (non-hydrogen) atoms. The number of benzene rings is 2. The molecule has 0 spiro atoms. The lowest BCUT2D eigenvalue weighted by atomic mass is 9.85. The van der Waals surface area contributed by atoms with E-state index in [1.807, 2.05) is 53.9 Å². The number of anilines is 2. The number of carbonyl (C=O) groups is 2. The van der Waals surface area contributed by atoms with Gasteiger partial charge in [0.25, 0.3) is 0 Å². The van der Waals surface area contributed by atoms with Crippen LogP contribution in [0.2, 0.25) is 0 Å². The number of nitrogens with one attached hydrogen (secondary N) is 2. The molecule has 2 bridgehead atoms. The maximum absolute atomic E-state index is 13.1. The Morgan fingerprint density at radius 3 is 2.28 bits per heavy atom. The first-order chi connectivity index (χ1) is 20.6. The molecule has 2 aromatic carbocycles. The van der Waals surface area contributed by atoms with Gasteiger partial charge in [0.2, 0.25) is 5.91 Å². The number of hydrogen-bond donors (Lipinski definition) is 2. The van der Waals surface area contributed by atoms with E-state index < -0.39 is 0 Å². The lowest BCUT2D eigenvalue weighted by molar-refractivity contribution is -0.135. The summed E-state index contributed by atoms with van der Waals surface area (Å²) in [6.07, 6.45) is 5.91. The number of carbonyl (C=O) groups excluding carboxylic acids is 2. The molecule has 2 atom stereocenters. The summed E-state index contributed by atoms with van der Waals surface area (Å²) < 4.78 is 1.79. The summed E-state index contributed by atoms with van der Waals surface area (Å²) in [6.45, 7) is 8.38. The third-order valence-electron chi connectivity index (χ3n) is 8.76. The second kappa shape index (κ2) is 12.0. The zero-order valence-electron chi connectivity index (χ0n) is 25.5. The van der Waals surface area contributed by atoms with E-state index in [0.717, 1.165) is 54.0 Å². The van der Waals surface area contributed by atoms with Crippen molar-refractivity contribution in [2.24, 2.45) is 5.92 Å². The van der Waals surface area contributed by atoms with E-state index >= 15 is 0 Å². The first-order valence-corrected chi connectivity index (χ1v) is 16.2. The monoisotopic (exact) mass is 595 g/mol. The highest BCUT2D eigenvalue weighted by Gasteiger charge is 2.42. The lowest BCUT2D eigenvalue weighted by Gasteiger charge is -2.39. The molecule has 2 fully saturated rings. The molecule has 7 nitrogen and oxygen atoms in total. The van der Waals surface area contributed by atoms with Crippen molar-refractivity contribution < 1.29 is 9.59 Å². The molecule has 0 radical (unpaired) electrons. The molecule has 2 aliphatic rings. The third kappa shape index (κ3) is 6.69. The highest BCUT2D eigenvalue weighted by molar-refractivity contribution is 7.10. The fraction of sp³-hybridized carbons (Fsp3) is 0.400. The minimum Gasteiger partial charge on any atom is -0.336 e. The second-order valence-electron chi connectivity index (χ2n) is 13.2. The van der Waals surface area contributed by atoms with Crippen molar-refractivity contribution in [1.82, 2.24) is 14.7 Å². The van der Waals surface area contributed by atoms with Gasteiger partial charge in [0, 0.05) is 34.1 Å². The SMILES string of the molecule is Cc1ccc(-n2nc(C(C)(C)C)cc2NC(=O)Nc2ccc(CC3CC4CCC(C3)N4C(=O)Cc3cccs3)cc2)cc1. The van der Waals surface area contributed by atoms with Gasteiger partial charge in [-0.3, -0.25) is 10.1 Å². The van der Waals surface area contributed by atoms with Crippen molar-refractivity contribution in [1.29, 1.82) is 0 Å². The van der Waals surface area contributed by atoms with E-state index in [4.69, 9.17) is 5.10 Å². The normalized spacial score (nSPS) is 19.8. The van der Waals surface area contributed by atoms with E-state index in [0.29, 0.717) is 36.1 Å². The van der Waals surface area contributed by atoms with Crippen LogP contribution in [0.3, 0.4) is 0 Å². The van der Waals surface area contributed by atoms with Gasteiger partial charge in [0.1, 0.15) is 5.82 Å². The molecular weight excluding hydrogens is 554 g/mol. The predicted molar refractivity (Wildman–Crippen MR) is 174 cm³/mol. The van der Waals surface area contributed by atoms with Gasteiger partial charge < -0.3 is 10.2 Å². The summed E-state index contributed by atoms with van der Waals surface area (Å²) in [6, 6.07) is 22.7. The Labute approximate surface area is 258 Å². The highest BCUT2D eigenvalue weighted by atomic mass is 32.1. The summed E-state index contributed by atoms with van der Waals surface area (Å²) >= 11 is 1.67. The molecule has 2 aliphatic heterocycles. The Balaban J connectivity index is 1.06. The number of amides is 3. The molecule has 8 heteroatoms. The molecule has 4 aromatic rings. The molecule has 3 amide bonds. The summed E-state index contributed by atoms with van der Waals surface area (Å²) in [7, 11) is 0. The average molecular weight is 596 g/mol. The summed E-state index contributed by atoms with van der Waals surface area (Å²) in [5, 5.41) is 12.8. The molecule has 2 unspecified atom stereocenters. The van der Waals surface area contributed by atoms with Gasteiger partial charge in [-0.15, -0.1) is 11.3 Å². The largest absolute Gasteiger partial charge is 0.336 e. The Morgan fingerprint density at radius 1 is 0.953 bits per heavy atom. The fourth-order valence-corrected chi connectivity index (χ4v) is 7.27. The van der Waals surface area contributed by atoms with Crippen LogP contribution in [0.15, 0.2) is 72.1 Å². The van der Waals surface area contributed by atoms with Crippen LogP contribution >= 0.6 is 11.3 Å². The van der Waals surface area contributed by atoms with Crippen molar-refractivity contribution in [3.8, 4) is 5.69 Å². The maximum atomic E-state index is 13.1. The minimum absolute atomic E-state index is 0.158. The highest BCUT2D eigenvalue weighted by Crippen LogP contribution is 2.40. The van der Waals surface area contributed by atoms with Gasteiger partial charge in [-0.25, -0.2) is 9.48 Å². The molecule has 2 aromatic heterocycles. The maximum Gasteiger partial charge on any atom is 0.324 e. The van der Waals surface area contributed by atoms with Crippen molar-refractivity contribution in [2.45, 2.75) is 83.7 Å². The number of aryl methyl sites for hydroxylation is 1. The van der Waals surface area contributed by atoms with Crippen molar-refractivity contribution in [2.75, 3.05) is 10.6 Å². The number of fused-ring (bicyclic) bond motifs is 2. The van der Waals surface area contributed by atoms with Crippen LogP contribution in [-0.4, -0.2) is 38.7 Å². The van der Waals surface area contributed by atoms with Gasteiger partial charge in [-0.2, -0.15) is 5.10 Å². The predicted octanol–water partition coefficient (Wildman–Crippen LogP) is 7.74. The van der Waals surface area contributed by atoms with E-state index in [1.54, 1.807) is 16.0 Å². The topological polar surface area (TPSA) is 79.3 Å². The quantitative estimate of drug-likeness (QED) is 0.229. The molecule has 0 saturated carbocycles. The van der Waals surface area contributed by atoms with Crippen LogP contribution in [0.1, 0.15) is 68.2 Å². The van der Waals surface area contributed by atoms with E-state index in [-0.39, 0.29) is 11.4 Å². The van der Waals surface area contributed by atoms with Crippen LogP contribution in [0, 0.1) is 12.8 Å². The van der Waals surface area contributed by atoms with E-state index in [9.17, 15) is 9.59 Å². The van der Waals surface area contributed by atoms with Crippen LogP contribution in [0.25, 0.3) is 5.69 Å². The number of piperidine rings is 1. The van der Waals surface area contributed by atoms with Crippen LogP contribution in [0.4, 0.5) is 16.3 Å². The lowest BCUT2D eigenvalue weighted by Crippen LogP contribution is -2.47. The minimum atomic E-state index is -0.308. The first kappa shape index (κ1) is 29.2. The molecule has 224 valence electrons. The smallest absolute Gasteiger partial charge is 0.324 e. The zero-order chi connectivity index (χ0) is 30.1. The Hall–Kier alpha value is -3.91. The molecule has 4 heterocycles. The van der Waals surface area contributed by atoms with Gasteiger partial charge in [0.15, 0.2) is 0 Å². The van der Waals surface area contributed by atoms with Crippen LogP contribution < -0.4 is 10.6 Å². The molecule has 2 N–H and O–H groups in total. The third-order valence-corrected chi connectivity index (χ3v) is 9.63. The van der Waals surface area contributed by atoms with Gasteiger partial charge in [0.05, 0.1) is 17.8 Å². The number of thiophene rings is 1. The number of nitrogens with zero attached hydrogens (tertiary/aromatic N) is 3. The molecule has 6 rings (SSSR count). The van der Waals surface area contributed by atoms with Crippen molar-refractivity contribution >= 4 is 34.8 Å². The Morgan fingerprint density at radius 2 is 1.65 bits per heavy atom. The Bertz CT molecular complexity index is 1550. The average Bonchev–Trinajstić information content (AvgIpc) is 3.69. The summed E-state index contributed by atoms with van der Waals surface area (Å²) in [5.41, 5.74) is 4.81. The fourth-order valence-electron chi connectivity index (χ4n) is 6.57. The number of rotatable bonds is 7. The van der Waals surface area contributed by atoms with E-state index in [1.165, 1.54) is 11.1 Å². The number of aromatic nitrogens is 2. The van der Waals surface area contributed by atoms with Crippen LogP contribution in [-0.2, 0) is 23.1 Å². The second-order valence-corrected chi connectivity index (χ2v) is 14.2. The van der Waals surface area contributed by atoms with Crippen LogP contribution in [0.5, 0.6) is 0 Å². The van der Waals surface area contributed by atoms with E-state index in [2.05, 4.69) is 61.4 Å². The standard InChI is InChI=1S/C35H41N5O2S/c1-23-7-13-27(14-8-23)40-32(22-31(38-40)35(2,3)4)37-34(42)36-26-11-9-24(10-12-26)18-25-19-28-15-16-29(20-25)39(28)33(41)21-30-6-5-17-43-30/h5-14,17,22,25,28-29H,15-16,18-21H2,1-4H3,(H2,36,37,42). The number of hydrogen-bond acceptors (Lipinski definition) is 4. The molecule has 0 aliphatic carbocycles. The van der Waals surface area contributed by atoms with Gasteiger partial charge >= 0.3 is 6.03 Å². The first-order valence-electron chi connectivity index (χ1n) is 15.3.